The third-order valence-corrected chi connectivity index (χ3v) is 2.75. The normalized spacial score (nSPS) is 24.9. The summed E-state index contributed by atoms with van der Waals surface area (Å²) in [5.41, 5.74) is 7.25. The summed E-state index contributed by atoms with van der Waals surface area (Å²) in [5, 5.41) is 0. The van der Waals surface area contributed by atoms with E-state index in [2.05, 4.69) is 0 Å². The van der Waals surface area contributed by atoms with Gasteiger partial charge in [0.25, 0.3) is 0 Å². The molecular formula is C11H14FNO. The van der Waals surface area contributed by atoms with Gasteiger partial charge >= 0.3 is 0 Å². The van der Waals surface area contributed by atoms with Crippen molar-refractivity contribution in [2.75, 3.05) is 7.11 Å². The fraction of sp³-hybridized carbons (Fsp3) is 0.455. The van der Waals surface area contributed by atoms with Crippen LogP contribution in [-0.4, -0.2) is 13.2 Å². The first kappa shape index (κ1) is 9.46. The maximum Gasteiger partial charge on any atom is 0.126 e. The minimum absolute atomic E-state index is 0.172. The molecule has 0 heterocycles. The quantitative estimate of drug-likeness (QED) is 0.782. The summed E-state index contributed by atoms with van der Waals surface area (Å²) in [5.74, 6) is 0.849. The van der Waals surface area contributed by atoms with Gasteiger partial charge < -0.3 is 10.5 Å². The average molecular weight is 195 g/mol. The minimum Gasteiger partial charge on any atom is -0.496 e. The molecule has 2 unspecified atom stereocenters. The molecule has 1 aliphatic rings. The Morgan fingerprint density at radius 3 is 2.64 bits per heavy atom. The molecule has 76 valence electrons. The predicted octanol–water partition coefficient (Wildman–Crippen LogP) is 1.96. The summed E-state index contributed by atoms with van der Waals surface area (Å²) in [4.78, 5) is 0. The summed E-state index contributed by atoms with van der Waals surface area (Å²) < 4.78 is 18.5. The summed E-state index contributed by atoms with van der Waals surface area (Å²) in [6.45, 7) is 1.73. The van der Waals surface area contributed by atoms with E-state index in [9.17, 15) is 4.39 Å². The lowest BCUT2D eigenvalue weighted by Crippen LogP contribution is -2.03. The minimum atomic E-state index is -0.181. The van der Waals surface area contributed by atoms with E-state index in [4.69, 9.17) is 10.5 Å². The number of benzene rings is 1. The first-order valence-corrected chi connectivity index (χ1v) is 4.73. The Morgan fingerprint density at radius 2 is 2.14 bits per heavy atom. The highest BCUT2D eigenvalue weighted by Crippen LogP contribution is 2.43. The fourth-order valence-corrected chi connectivity index (χ4v) is 1.71. The molecule has 0 bridgehead atoms. The van der Waals surface area contributed by atoms with E-state index in [1.807, 2.05) is 0 Å². The van der Waals surface area contributed by atoms with Crippen molar-refractivity contribution >= 4 is 0 Å². The third kappa shape index (κ3) is 1.48. The standard InChI is InChI=1S/C11H14FNO/c1-6-3-11(14-2)8(4-9(6)12)7-5-10(7)13/h3-4,7,10H,5,13H2,1-2H3. The Balaban J connectivity index is 2.42. The lowest BCUT2D eigenvalue weighted by molar-refractivity contribution is 0.407. The van der Waals surface area contributed by atoms with E-state index >= 15 is 0 Å². The highest BCUT2D eigenvalue weighted by molar-refractivity contribution is 5.43. The molecule has 1 fully saturated rings. The second kappa shape index (κ2) is 3.24. The van der Waals surface area contributed by atoms with Gasteiger partial charge in [0.2, 0.25) is 0 Å². The van der Waals surface area contributed by atoms with Crippen molar-refractivity contribution in [2.24, 2.45) is 5.73 Å². The molecule has 2 nitrogen and oxygen atoms in total. The molecule has 3 heteroatoms. The van der Waals surface area contributed by atoms with Gasteiger partial charge in [0.1, 0.15) is 11.6 Å². The largest absolute Gasteiger partial charge is 0.496 e. The number of rotatable bonds is 2. The van der Waals surface area contributed by atoms with Crippen LogP contribution in [0.1, 0.15) is 23.5 Å². The number of hydrogen-bond acceptors (Lipinski definition) is 2. The zero-order valence-electron chi connectivity index (χ0n) is 8.38. The summed E-state index contributed by atoms with van der Waals surface area (Å²) >= 11 is 0. The van der Waals surface area contributed by atoms with Crippen molar-refractivity contribution in [3.63, 3.8) is 0 Å². The lowest BCUT2D eigenvalue weighted by atomic mass is 10.1. The Hall–Kier alpha value is -1.09. The molecule has 1 saturated carbocycles. The number of aryl methyl sites for hydroxylation is 1. The molecule has 0 aromatic heterocycles. The summed E-state index contributed by atoms with van der Waals surface area (Å²) in [6.07, 6.45) is 0.929. The van der Waals surface area contributed by atoms with Gasteiger partial charge in [0.15, 0.2) is 0 Å². The van der Waals surface area contributed by atoms with Crippen LogP contribution < -0.4 is 10.5 Å². The topological polar surface area (TPSA) is 35.2 Å². The molecular weight excluding hydrogens is 181 g/mol. The van der Waals surface area contributed by atoms with Gasteiger partial charge in [-0.05, 0) is 31.0 Å². The van der Waals surface area contributed by atoms with E-state index in [0.717, 1.165) is 17.7 Å². The van der Waals surface area contributed by atoms with Crippen LogP contribution in [0.15, 0.2) is 12.1 Å². The van der Waals surface area contributed by atoms with Gasteiger partial charge in [-0.2, -0.15) is 0 Å². The zero-order chi connectivity index (χ0) is 10.3. The molecule has 0 aliphatic heterocycles. The molecule has 0 radical (unpaired) electrons. The highest BCUT2D eigenvalue weighted by Gasteiger charge is 2.37. The predicted molar refractivity (Wildman–Crippen MR) is 53.0 cm³/mol. The van der Waals surface area contributed by atoms with E-state index in [0.29, 0.717) is 5.56 Å². The van der Waals surface area contributed by atoms with Crippen LogP contribution in [0.2, 0.25) is 0 Å². The molecule has 0 saturated heterocycles. The fourth-order valence-electron chi connectivity index (χ4n) is 1.71. The maximum absolute atomic E-state index is 13.3. The number of nitrogens with two attached hydrogens (primary N) is 1. The van der Waals surface area contributed by atoms with Crippen LogP contribution in [0.25, 0.3) is 0 Å². The summed E-state index contributed by atoms with van der Waals surface area (Å²) in [6, 6.07) is 3.45. The van der Waals surface area contributed by atoms with Crippen LogP contribution in [0.5, 0.6) is 5.75 Å². The molecule has 2 N–H and O–H groups in total. The van der Waals surface area contributed by atoms with Gasteiger partial charge in [-0.15, -0.1) is 0 Å². The van der Waals surface area contributed by atoms with Crippen molar-refractivity contribution in [1.82, 2.24) is 0 Å². The van der Waals surface area contributed by atoms with Crippen molar-refractivity contribution in [3.8, 4) is 5.75 Å². The van der Waals surface area contributed by atoms with Crippen LogP contribution in [0, 0.1) is 12.7 Å². The van der Waals surface area contributed by atoms with Crippen molar-refractivity contribution in [1.29, 1.82) is 0 Å². The Kier molecular flexibility index (Phi) is 2.19. The van der Waals surface area contributed by atoms with E-state index in [-0.39, 0.29) is 17.8 Å². The van der Waals surface area contributed by atoms with Gasteiger partial charge in [0, 0.05) is 17.5 Å². The number of ether oxygens (including phenoxy) is 1. The second-order valence-electron chi connectivity index (χ2n) is 3.85. The number of methoxy groups -OCH3 is 1. The molecule has 1 aromatic carbocycles. The zero-order valence-corrected chi connectivity index (χ0v) is 8.38. The molecule has 1 aromatic rings. The van der Waals surface area contributed by atoms with Gasteiger partial charge in [0.05, 0.1) is 7.11 Å². The lowest BCUT2D eigenvalue weighted by Gasteiger charge is -2.09. The van der Waals surface area contributed by atoms with Crippen molar-refractivity contribution in [2.45, 2.75) is 25.3 Å². The highest BCUT2D eigenvalue weighted by atomic mass is 19.1. The molecule has 0 amide bonds. The van der Waals surface area contributed by atoms with Crippen LogP contribution >= 0.6 is 0 Å². The van der Waals surface area contributed by atoms with E-state index < -0.39 is 0 Å². The van der Waals surface area contributed by atoms with Gasteiger partial charge in [-0.3, -0.25) is 0 Å². The van der Waals surface area contributed by atoms with Crippen LogP contribution in [0.3, 0.4) is 0 Å². The number of halogens is 1. The molecule has 2 atom stereocenters. The molecule has 1 aliphatic carbocycles. The maximum atomic E-state index is 13.3. The van der Waals surface area contributed by atoms with E-state index in [1.165, 1.54) is 0 Å². The molecule has 0 spiro atoms. The van der Waals surface area contributed by atoms with Crippen molar-refractivity contribution in [3.05, 3.63) is 29.1 Å². The second-order valence-corrected chi connectivity index (χ2v) is 3.85. The van der Waals surface area contributed by atoms with Crippen LogP contribution in [-0.2, 0) is 0 Å². The van der Waals surface area contributed by atoms with Crippen LogP contribution in [0.4, 0.5) is 4.39 Å². The summed E-state index contributed by atoms with van der Waals surface area (Å²) in [7, 11) is 1.60. The average Bonchev–Trinajstić information content (AvgIpc) is 2.87. The molecule has 14 heavy (non-hydrogen) atoms. The van der Waals surface area contributed by atoms with Gasteiger partial charge in [-0.1, -0.05) is 0 Å². The van der Waals surface area contributed by atoms with Gasteiger partial charge in [-0.25, -0.2) is 4.39 Å². The van der Waals surface area contributed by atoms with E-state index in [1.54, 1.807) is 26.2 Å². The Bertz CT molecular complexity index is 365. The molecule has 2 rings (SSSR count). The smallest absolute Gasteiger partial charge is 0.126 e. The Labute approximate surface area is 82.9 Å². The SMILES string of the molecule is COc1cc(C)c(F)cc1C1CC1N. The monoisotopic (exact) mass is 195 g/mol. The first-order valence-electron chi connectivity index (χ1n) is 4.73. The third-order valence-electron chi connectivity index (χ3n) is 2.75. The first-order chi connectivity index (χ1) is 6.63. The number of hydrogen-bond donors (Lipinski definition) is 1. The Morgan fingerprint density at radius 1 is 1.50 bits per heavy atom. The van der Waals surface area contributed by atoms with Crippen molar-refractivity contribution < 1.29 is 9.13 Å².